The third-order valence-electron chi connectivity index (χ3n) is 6.77. The van der Waals surface area contributed by atoms with Crippen LogP contribution in [-0.2, 0) is 9.16 Å². The maximum absolute atomic E-state index is 14.0. The number of halogens is 1. The largest absolute Gasteiger partial charge is 0.405 e. The normalized spacial score (nSPS) is 24.7. The molecular weight excluding hydrogens is 499 g/mol. The van der Waals surface area contributed by atoms with E-state index < -0.39 is 56.0 Å². The van der Waals surface area contributed by atoms with Gasteiger partial charge in [-0.3, -0.25) is 14.3 Å². The number of hydrogen-bond donors (Lipinski definition) is 4. The Bertz CT molecular complexity index is 1290. The summed E-state index contributed by atoms with van der Waals surface area (Å²) in [6, 6.07) is 19.5. The van der Waals surface area contributed by atoms with Crippen LogP contribution in [0.25, 0.3) is 0 Å². The molecule has 1 aliphatic heterocycles. The van der Waals surface area contributed by atoms with Crippen molar-refractivity contribution < 1.29 is 28.9 Å². The van der Waals surface area contributed by atoms with Gasteiger partial charge in [-0.2, -0.15) is 4.39 Å². The molecule has 4 N–H and O–H groups in total. The minimum absolute atomic E-state index is 0.199. The van der Waals surface area contributed by atoms with E-state index >= 15 is 0 Å². The first kappa shape index (κ1) is 27.1. The van der Waals surface area contributed by atoms with E-state index in [0.717, 1.165) is 10.4 Å². The summed E-state index contributed by atoms with van der Waals surface area (Å²) in [5, 5.41) is 33.5. The number of aliphatic hydroxyl groups excluding tert-OH is 3. The fourth-order valence-electron chi connectivity index (χ4n) is 4.92. The van der Waals surface area contributed by atoms with Crippen molar-refractivity contribution in [2.75, 3.05) is 6.61 Å². The fraction of sp³-hybridized carbons (Fsp3) is 0.385. The monoisotopic (exact) mass is 530 g/mol. The van der Waals surface area contributed by atoms with Crippen LogP contribution in [0, 0.1) is 5.82 Å². The first-order chi connectivity index (χ1) is 17.5. The van der Waals surface area contributed by atoms with Gasteiger partial charge >= 0.3 is 5.69 Å². The lowest BCUT2D eigenvalue weighted by atomic mass is 9.98. The van der Waals surface area contributed by atoms with Gasteiger partial charge in [0.1, 0.15) is 24.4 Å². The molecule has 0 spiro atoms. The zero-order valence-electron chi connectivity index (χ0n) is 20.7. The second-order valence-corrected chi connectivity index (χ2v) is 14.5. The molecular formula is C26H31FN2O7Si. The third kappa shape index (κ3) is 4.98. The molecule has 0 amide bonds. The number of aromatic amines is 1. The Morgan fingerprint density at radius 1 is 0.946 bits per heavy atom. The average Bonchev–Trinajstić information content (AvgIpc) is 2.87. The van der Waals surface area contributed by atoms with Crippen molar-refractivity contribution in [3.05, 3.63) is 93.5 Å². The number of ether oxygens (including phenoxy) is 1. The number of rotatable bonds is 6. The molecule has 1 aliphatic rings. The highest BCUT2D eigenvalue weighted by atomic mass is 28.4. The van der Waals surface area contributed by atoms with Crippen LogP contribution in [0.4, 0.5) is 4.39 Å². The van der Waals surface area contributed by atoms with Crippen molar-refractivity contribution in [2.45, 2.75) is 56.5 Å². The van der Waals surface area contributed by atoms with Gasteiger partial charge in [0.05, 0.1) is 12.8 Å². The van der Waals surface area contributed by atoms with E-state index in [1.807, 2.05) is 60.7 Å². The maximum atomic E-state index is 14.0. The molecule has 3 aromatic rings. The maximum Gasteiger partial charge on any atom is 0.330 e. The molecule has 5 atom stereocenters. The second kappa shape index (κ2) is 10.4. The molecule has 2 heterocycles. The van der Waals surface area contributed by atoms with Crippen LogP contribution in [0.15, 0.2) is 76.4 Å². The number of benzene rings is 2. The van der Waals surface area contributed by atoms with Gasteiger partial charge in [0.2, 0.25) is 5.82 Å². The van der Waals surface area contributed by atoms with Crippen molar-refractivity contribution in [1.82, 2.24) is 9.55 Å². The van der Waals surface area contributed by atoms with E-state index in [9.17, 15) is 29.3 Å². The van der Waals surface area contributed by atoms with Gasteiger partial charge in [0.15, 0.2) is 6.23 Å². The minimum Gasteiger partial charge on any atom is -0.405 e. The van der Waals surface area contributed by atoms with Crippen LogP contribution in [0.5, 0.6) is 0 Å². The number of hydrogen-bond acceptors (Lipinski definition) is 7. The Morgan fingerprint density at radius 2 is 1.49 bits per heavy atom. The van der Waals surface area contributed by atoms with Crippen molar-refractivity contribution in [3.8, 4) is 0 Å². The molecule has 37 heavy (non-hydrogen) atoms. The van der Waals surface area contributed by atoms with Crippen LogP contribution in [-0.4, -0.2) is 64.2 Å². The minimum atomic E-state index is -3.04. The van der Waals surface area contributed by atoms with Gasteiger partial charge in [-0.25, -0.2) is 4.79 Å². The molecule has 0 saturated carbocycles. The molecule has 11 heteroatoms. The predicted octanol–water partition coefficient (Wildman–Crippen LogP) is 0.232. The summed E-state index contributed by atoms with van der Waals surface area (Å²) in [5.74, 6) is -1.27. The standard InChI is InChI=1S/C26H31FN2O7Si/c1-26(2,3)37(16-10-6-4-7-11-16,17-12-8-5-9-13-17)35-15-19-20(30)21(31)22(32)24(36-19)29-14-18(27)23(33)28-25(29)34/h4-14,19-22,24,30-32H,15H2,1-3H3,(H,28,33,34)/t19-,20+,21+,22-,24-/m1/s1. The van der Waals surface area contributed by atoms with Gasteiger partial charge in [0, 0.05) is 0 Å². The summed E-state index contributed by atoms with van der Waals surface area (Å²) in [7, 11) is -3.04. The molecule has 0 radical (unpaired) electrons. The molecule has 9 nitrogen and oxygen atoms in total. The predicted molar refractivity (Wildman–Crippen MR) is 137 cm³/mol. The molecule has 4 rings (SSSR count). The van der Waals surface area contributed by atoms with Crippen molar-refractivity contribution in [1.29, 1.82) is 0 Å². The lowest BCUT2D eigenvalue weighted by Crippen LogP contribution is -2.68. The van der Waals surface area contributed by atoms with Gasteiger partial charge in [-0.1, -0.05) is 81.4 Å². The lowest BCUT2D eigenvalue weighted by Gasteiger charge is -2.46. The number of H-pyrrole nitrogens is 1. The van der Waals surface area contributed by atoms with Crippen LogP contribution in [0.1, 0.15) is 27.0 Å². The quantitative estimate of drug-likeness (QED) is 0.335. The summed E-state index contributed by atoms with van der Waals surface area (Å²) in [4.78, 5) is 25.6. The molecule has 1 saturated heterocycles. The topological polar surface area (TPSA) is 134 Å². The molecule has 0 aliphatic carbocycles. The number of nitrogens with one attached hydrogen (secondary N) is 1. The summed E-state index contributed by atoms with van der Waals surface area (Å²) in [6.07, 6.45) is -7.24. The SMILES string of the molecule is CC(C)(C)[Si](OC[C@H]1O[C@@H](n2cc(F)c(=O)[nH]c2=O)[C@H](O)[C@@H](O)[C@H]1O)(c1ccccc1)c1ccccc1. The Hall–Kier alpha value is -2.93. The zero-order valence-corrected chi connectivity index (χ0v) is 21.7. The van der Waals surface area contributed by atoms with Gasteiger partial charge in [-0.05, 0) is 15.4 Å². The van der Waals surface area contributed by atoms with E-state index in [2.05, 4.69) is 20.8 Å². The van der Waals surface area contributed by atoms with Crippen LogP contribution in [0.2, 0.25) is 5.04 Å². The first-order valence-corrected chi connectivity index (χ1v) is 13.8. The van der Waals surface area contributed by atoms with Crippen LogP contribution in [0.3, 0.4) is 0 Å². The highest BCUT2D eigenvalue weighted by Gasteiger charge is 2.52. The number of aliphatic hydroxyl groups is 3. The van der Waals surface area contributed by atoms with Crippen LogP contribution < -0.4 is 21.6 Å². The Kier molecular flexibility index (Phi) is 7.65. The van der Waals surface area contributed by atoms with Crippen molar-refractivity contribution in [2.24, 2.45) is 0 Å². The molecule has 0 unspecified atom stereocenters. The summed E-state index contributed by atoms with van der Waals surface area (Å²) in [6.45, 7) is 6.01. The highest BCUT2D eigenvalue weighted by Crippen LogP contribution is 2.37. The van der Waals surface area contributed by atoms with E-state index in [0.29, 0.717) is 10.8 Å². The van der Waals surface area contributed by atoms with Crippen LogP contribution >= 0.6 is 0 Å². The van der Waals surface area contributed by atoms with E-state index in [1.165, 1.54) is 0 Å². The molecule has 198 valence electrons. The van der Waals surface area contributed by atoms with Gasteiger partial charge < -0.3 is 24.5 Å². The molecule has 0 bridgehead atoms. The first-order valence-electron chi connectivity index (χ1n) is 11.9. The Labute approximate surface area is 213 Å². The molecule has 1 fully saturated rings. The van der Waals surface area contributed by atoms with E-state index in [1.54, 1.807) is 4.98 Å². The van der Waals surface area contributed by atoms with Crippen molar-refractivity contribution in [3.63, 3.8) is 0 Å². The highest BCUT2D eigenvalue weighted by molar-refractivity contribution is 6.99. The third-order valence-corrected chi connectivity index (χ3v) is 11.8. The summed E-state index contributed by atoms with van der Waals surface area (Å²) >= 11 is 0. The number of aromatic nitrogens is 2. The fourth-order valence-corrected chi connectivity index (χ4v) is 9.49. The summed E-state index contributed by atoms with van der Waals surface area (Å²) < 4.78 is 27.2. The Morgan fingerprint density at radius 3 is 2.00 bits per heavy atom. The lowest BCUT2D eigenvalue weighted by molar-refractivity contribution is -0.251. The second-order valence-electron chi connectivity index (χ2n) is 10.2. The van der Waals surface area contributed by atoms with Gasteiger partial charge in [0.25, 0.3) is 13.9 Å². The number of nitrogens with zero attached hydrogens (tertiary/aromatic N) is 1. The van der Waals surface area contributed by atoms with Crippen molar-refractivity contribution >= 4 is 18.7 Å². The Balaban J connectivity index is 1.73. The zero-order chi connectivity index (χ0) is 27.0. The van der Waals surface area contributed by atoms with E-state index in [-0.39, 0.29) is 11.6 Å². The smallest absolute Gasteiger partial charge is 0.330 e. The molecule has 1 aromatic heterocycles. The molecule has 2 aromatic carbocycles. The van der Waals surface area contributed by atoms with Gasteiger partial charge in [-0.15, -0.1) is 0 Å². The van der Waals surface area contributed by atoms with E-state index in [4.69, 9.17) is 9.16 Å². The summed E-state index contributed by atoms with van der Waals surface area (Å²) in [5.41, 5.74) is -2.26. The average molecular weight is 531 g/mol.